The molecule has 0 unspecified atom stereocenters. The van der Waals surface area contributed by atoms with E-state index in [0.717, 1.165) is 12.1 Å². The monoisotopic (exact) mass is 438 g/mol. The highest BCUT2D eigenvalue weighted by atomic mass is 19.4. The molecule has 2 aromatic carbocycles. The quantitative estimate of drug-likeness (QED) is 0.527. The summed E-state index contributed by atoms with van der Waals surface area (Å²) in [6.45, 7) is 1.07. The molecule has 11 heteroatoms. The third-order valence-electron chi connectivity index (χ3n) is 3.90. The lowest BCUT2D eigenvalue weighted by Gasteiger charge is -2.15. The van der Waals surface area contributed by atoms with Crippen molar-refractivity contribution in [2.24, 2.45) is 0 Å². The number of carbonyl (C=O) groups excluding carboxylic acids is 3. The van der Waals surface area contributed by atoms with E-state index in [1.807, 2.05) is 0 Å². The highest BCUT2D eigenvalue weighted by Crippen LogP contribution is 2.36. The molecule has 0 aromatic heterocycles. The molecule has 0 aliphatic rings. The molecule has 4 amide bonds. The Bertz CT molecular complexity index is 946. The number of benzene rings is 2. The molecule has 0 saturated carbocycles. The van der Waals surface area contributed by atoms with Gasteiger partial charge in [-0.1, -0.05) is 0 Å². The first-order chi connectivity index (χ1) is 14.6. The highest BCUT2D eigenvalue weighted by Gasteiger charge is 2.34. The molecule has 0 saturated heterocycles. The molecule has 0 heterocycles. The van der Waals surface area contributed by atoms with Gasteiger partial charge in [-0.3, -0.25) is 9.59 Å². The maximum absolute atomic E-state index is 13.3. The number of ether oxygens (including phenoxy) is 1. The highest BCUT2D eigenvalue weighted by molar-refractivity contribution is 5.94. The Morgan fingerprint density at radius 1 is 0.935 bits per heavy atom. The zero-order chi connectivity index (χ0) is 23.0. The summed E-state index contributed by atoms with van der Waals surface area (Å²) >= 11 is 0. The van der Waals surface area contributed by atoms with Crippen LogP contribution in [0, 0.1) is 0 Å². The van der Waals surface area contributed by atoms with E-state index >= 15 is 0 Å². The van der Waals surface area contributed by atoms with E-state index in [4.69, 9.17) is 4.74 Å². The second-order valence-corrected chi connectivity index (χ2v) is 6.35. The van der Waals surface area contributed by atoms with Crippen molar-refractivity contribution in [3.63, 3.8) is 0 Å². The Labute approximate surface area is 176 Å². The predicted octanol–water partition coefficient (Wildman–Crippen LogP) is 3.82. The number of halogens is 3. The fourth-order valence-electron chi connectivity index (χ4n) is 2.52. The molecule has 0 bridgehead atoms. The van der Waals surface area contributed by atoms with Gasteiger partial charge in [-0.25, -0.2) is 4.79 Å². The van der Waals surface area contributed by atoms with Crippen molar-refractivity contribution in [3.8, 4) is 5.75 Å². The van der Waals surface area contributed by atoms with E-state index in [1.54, 1.807) is 24.3 Å². The summed E-state index contributed by atoms with van der Waals surface area (Å²) in [5.74, 6) is -0.627. The summed E-state index contributed by atoms with van der Waals surface area (Å²) in [4.78, 5) is 34.9. The lowest BCUT2D eigenvalue weighted by Crippen LogP contribution is -2.31. The van der Waals surface area contributed by atoms with Gasteiger partial charge in [0.15, 0.2) is 0 Å². The number of methoxy groups -OCH3 is 1. The number of anilines is 3. The molecule has 0 atom stereocenters. The first-order valence-corrected chi connectivity index (χ1v) is 9.06. The molecule has 8 nitrogen and oxygen atoms in total. The van der Waals surface area contributed by atoms with Crippen molar-refractivity contribution < 1.29 is 32.3 Å². The van der Waals surface area contributed by atoms with Crippen molar-refractivity contribution in [2.45, 2.75) is 19.5 Å². The lowest BCUT2D eigenvalue weighted by atomic mass is 10.1. The Kier molecular flexibility index (Phi) is 7.83. The largest absolute Gasteiger partial charge is 0.497 e. The third-order valence-corrected chi connectivity index (χ3v) is 3.90. The van der Waals surface area contributed by atoms with Crippen LogP contribution in [0.2, 0.25) is 0 Å². The van der Waals surface area contributed by atoms with Crippen molar-refractivity contribution >= 4 is 34.9 Å². The second-order valence-electron chi connectivity index (χ2n) is 6.35. The number of hydrogen-bond donors (Lipinski definition) is 4. The number of hydrogen-bond acceptors (Lipinski definition) is 4. The fraction of sp³-hybridized carbons (Fsp3) is 0.250. The molecule has 2 rings (SSSR count). The third kappa shape index (κ3) is 7.53. The molecule has 0 spiro atoms. The summed E-state index contributed by atoms with van der Waals surface area (Å²) < 4.78 is 44.9. The smallest absolute Gasteiger partial charge is 0.418 e. The van der Waals surface area contributed by atoms with E-state index in [9.17, 15) is 27.6 Å². The van der Waals surface area contributed by atoms with Gasteiger partial charge in [-0.15, -0.1) is 0 Å². The van der Waals surface area contributed by atoms with Gasteiger partial charge < -0.3 is 26.0 Å². The van der Waals surface area contributed by atoms with E-state index < -0.39 is 35.3 Å². The van der Waals surface area contributed by atoms with Crippen LogP contribution in [0.25, 0.3) is 0 Å². The van der Waals surface area contributed by atoms with E-state index in [2.05, 4.69) is 21.3 Å². The van der Waals surface area contributed by atoms with Crippen molar-refractivity contribution in [2.75, 3.05) is 29.6 Å². The van der Waals surface area contributed by atoms with Gasteiger partial charge in [0.25, 0.3) is 0 Å². The van der Waals surface area contributed by atoms with Crippen LogP contribution >= 0.6 is 0 Å². The normalized spacial score (nSPS) is 10.7. The molecule has 0 aliphatic carbocycles. The molecular weight excluding hydrogens is 417 g/mol. The Morgan fingerprint density at radius 2 is 1.58 bits per heavy atom. The van der Waals surface area contributed by atoms with E-state index in [1.165, 1.54) is 20.1 Å². The van der Waals surface area contributed by atoms with Crippen LogP contribution in [-0.4, -0.2) is 31.5 Å². The Balaban J connectivity index is 1.90. The van der Waals surface area contributed by atoms with Crippen LogP contribution < -0.4 is 26.0 Å². The molecule has 4 N–H and O–H groups in total. The van der Waals surface area contributed by atoms with Crippen LogP contribution in [0.4, 0.5) is 35.0 Å². The summed E-state index contributed by atoms with van der Waals surface area (Å²) in [5.41, 5.74) is -1.10. The van der Waals surface area contributed by atoms with Crippen LogP contribution in [0.15, 0.2) is 42.5 Å². The number of amides is 4. The number of carbonyl (C=O) groups is 3. The van der Waals surface area contributed by atoms with Crippen LogP contribution in [0.3, 0.4) is 0 Å². The summed E-state index contributed by atoms with van der Waals surface area (Å²) in [7, 11) is 1.51. The van der Waals surface area contributed by atoms with Gasteiger partial charge in [0.05, 0.1) is 18.4 Å². The van der Waals surface area contributed by atoms with Gasteiger partial charge >= 0.3 is 12.2 Å². The average Bonchev–Trinajstić information content (AvgIpc) is 2.68. The predicted molar refractivity (Wildman–Crippen MR) is 109 cm³/mol. The minimum Gasteiger partial charge on any atom is -0.497 e. The first-order valence-electron chi connectivity index (χ1n) is 9.06. The maximum atomic E-state index is 13.3. The van der Waals surface area contributed by atoms with Crippen molar-refractivity contribution in [1.82, 2.24) is 5.32 Å². The second kappa shape index (κ2) is 10.3. The fourth-order valence-corrected chi connectivity index (χ4v) is 2.52. The van der Waals surface area contributed by atoms with Gasteiger partial charge in [0.1, 0.15) is 5.75 Å². The molecule has 0 aliphatic heterocycles. The van der Waals surface area contributed by atoms with Crippen molar-refractivity contribution in [3.05, 3.63) is 48.0 Å². The van der Waals surface area contributed by atoms with Crippen LogP contribution in [-0.2, 0) is 15.8 Å². The molecule has 31 heavy (non-hydrogen) atoms. The first kappa shape index (κ1) is 23.5. The van der Waals surface area contributed by atoms with Crippen molar-refractivity contribution in [1.29, 1.82) is 0 Å². The maximum Gasteiger partial charge on any atom is 0.418 e. The molecule has 2 aromatic rings. The van der Waals surface area contributed by atoms with Gasteiger partial charge in [-0.05, 0) is 42.5 Å². The lowest BCUT2D eigenvalue weighted by molar-refractivity contribution is -0.137. The zero-order valence-corrected chi connectivity index (χ0v) is 16.7. The number of alkyl halides is 3. The Morgan fingerprint density at radius 3 is 2.16 bits per heavy atom. The van der Waals surface area contributed by atoms with Gasteiger partial charge in [0.2, 0.25) is 11.8 Å². The minimum atomic E-state index is -4.74. The van der Waals surface area contributed by atoms with Gasteiger partial charge in [-0.2, -0.15) is 13.2 Å². The summed E-state index contributed by atoms with van der Waals surface area (Å²) in [6.07, 6.45) is -4.99. The van der Waals surface area contributed by atoms with Gasteiger partial charge in [0, 0.05) is 31.3 Å². The van der Waals surface area contributed by atoms with E-state index in [-0.39, 0.29) is 18.7 Å². The molecular formula is C20H21F3N4O4. The van der Waals surface area contributed by atoms with Crippen LogP contribution in [0.1, 0.15) is 18.9 Å². The summed E-state index contributed by atoms with van der Waals surface area (Å²) in [6, 6.07) is 8.99. The van der Waals surface area contributed by atoms with E-state index in [0.29, 0.717) is 11.4 Å². The average molecular weight is 438 g/mol. The number of urea groups is 1. The number of rotatable bonds is 7. The topological polar surface area (TPSA) is 109 Å². The molecule has 0 radical (unpaired) electrons. The zero-order valence-electron chi connectivity index (χ0n) is 16.7. The number of nitrogens with one attached hydrogen (secondary N) is 4. The standard InChI is InChI=1S/C20H21F3N4O4/c1-12(28)25-14-5-8-17(16(11-14)20(21,22)23)27-18(29)9-10-24-19(30)26-13-3-6-15(31-2)7-4-13/h3-8,11H,9-10H2,1-2H3,(H,25,28)(H,27,29)(H2,24,26,30). The molecule has 0 fully saturated rings. The van der Waals surface area contributed by atoms with Crippen LogP contribution in [0.5, 0.6) is 5.75 Å². The summed E-state index contributed by atoms with van der Waals surface area (Å²) in [5, 5.41) is 9.42. The molecule has 166 valence electrons. The minimum absolute atomic E-state index is 0.0466. The SMILES string of the molecule is COc1ccc(NC(=O)NCCC(=O)Nc2ccc(NC(C)=O)cc2C(F)(F)F)cc1. The Hall–Kier alpha value is -3.76.